The summed E-state index contributed by atoms with van der Waals surface area (Å²) in [7, 11) is 4.15. The fourth-order valence-electron chi connectivity index (χ4n) is 3.57. The molecule has 1 aromatic carbocycles. The van der Waals surface area contributed by atoms with Crippen LogP contribution in [0.5, 0.6) is 0 Å². The highest BCUT2D eigenvalue weighted by Crippen LogP contribution is 2.31. The van der Waals surface area contributed by atoms with E-state index in [0.29, 0.717) is 6.42 Å². The molecular weight excluding hydrogens is 310 g/mol. The van der Waals surface area contributed by atoms with Crippen LogP contribution in [-0.2, 0) is 17.8 Å². The Morgan fingerprint density at radius 1 is 1.16 bits per heavy atom. The lowest BCUT2D eigenvalue weighted by molar-refractivity contribution is -0.134. The maximum atomic E-state index is 12.9. The first-order valence-electron chi connectivity index (χ1n) is 9.05. The minimum absolute atomic E-state index is 0.200. The first-order valence-corrected chi connectivity index (χ1v) is 9.05. The predicted octanol–water partition coefficient (Wildman–Crippen LogP) is 3.44. The molecule has 4 heteroatoms. The lowest BCUT2D eigenvalue weighted by Gasteiger charge is -2.36. The van der Waals surface area contributed by atoms with Crippen molar-refractivity contribution in [1.82, 2.24) is 14.8 Å². The molecule has 1 fully saturated rings. The molecule has 1 unspecified atom stereocenters. The van der Waals surface area contributed by atoms with Gasteiger partial charge in [-0.15, -0.1) is 0 Å². The summed E-state index contributed by atoms with van der Waals surface area (Å²) in [6.45, 7) is 1.79. The minimum atomic E-state index is 0.200. The number of pyridine rings is 1. The average molecular weight is 337 g/mol. The highest BCUT2D eigenvalue weighted by molar-refractivity contribution is 5.79. The minimum Gasteiger partial charge on any atom is -0.335 e. The van der Waals surface area contributed by atoms with E-state index in [1.807, 2.05) is 12.1 Å². The maximum Gasteiger partial charge on any atom is 0.227 e. The third-order valence-corrected chi connectivity index (χ3v) is 4.76. The third kappa shape index (κ3) is 4.67. The van der Waals surface area contributed by atoms with Gasteiger partial charge in [0.05, 0.1) is 12.5 Å². The van der Waals surface area contributed by atoms with Crippen LogP contribution in [0, 0.1) is 0 Å². The van der Waals surface area contributed by atoms with Crippen LogP contribution in [0.25, 0.3) is 0 Å². The number of hydrogen-bond donors (Lipinski definition) is 0. The third-order valence-electron chi connectivity index (χ3n) is 4.76. The van der Waals surface area contributed by atoms with E-state index >= 15 is 0 Å². The van der Waals surface area contributed by atoms with Crippen molar-refractivity contribution in [3.63, 3.8) is 0 Å². The van der Waals surface area contributed by atoms with Gasteiger partial charge in [0.2, 0.25) is 5.91 Å². The Hall–Kier alpha value is -2.20. The predicted molar refractivity (Wildman–Crippen MR) is 100 cm³/mol. The molecule has 0 saturated carbocycles. The number of aromatic nitrogens is 1. The van der Waals surface area contributed by atoms with Crippen LogP contribution < -0.4 is 0 Å². The molecule has 0 N–H and O–H groups in total. The molecule has 0 aliphatic carbocycles. The molecule has 25 heavy (non-hydrogen) atoms. The zero-order valence-corrected chi connectivity index (χ0v) is 15.2. The summed E-state index contributed by atoms with van der Waals surface area (Å²) in [5, 5.41) is 0. The second-order valence-electron chi connectivity index (χ2n) is 7.12. The van der Waals surface area contributed by atoms with Crippen molar-refractivity contribution in [2.75, 3.05) is 20.6 Å². The van der Waals surface area contributed by atoms with Gasteiger partial charge in [0, 0.05) is 25.5 Å². The molecule has 1 aliphatic heterocycles. The Bertz CT molecular complexity index is 682. The van der Waals surface area contributed by atoms with E-state index in [1.165, 1.54) is 17.5 Å². The average Bonchev–Trinajstić information content (AvgIpc) is 2.63. The van der Waals surface area contributed by atoms with Gasteiger partial charge in [-0.1, -0.05) is 30.3 Å². The van der Waals surface area contributed by atoms with Crippen LogP contribution in [-0.4, -0.2) is 41.3 Å². The zero-order chi connectivity index (χ0) is 17.6. The van der Waals surface area contributed by atoms with Gasteiger partial charge in [-0.3, -0.25) is 9.78 Å². The topological polar surface area (TPSA) is 36.4 Å². The van der Waals surface area contributed by atoms with Crippen molar-refractivity contribution < 1.29 is 4.79 Å². The van der Waals surface area contributed by atoms with Gasteiger partial charge >= 0.3 is 0 Å². The number of carbonyl (C=O) groups excluding carboxylic acids is 1. The first kappa shape index (κ1) is 17.6. The Balaban J connectivity index is 1.73. The Morgan fingerprint density at radius 2 is 1.96 bits per heavy atom. The van der Waals surface area contributed by atoms with E-state index in [9.17, 15) is 4.79 Å². The molecule has 2 aromatic rings. The van der Waals surface area contributed by atoms with E-state index in [-0.39, 0.29) is 11.9 Å². The molecular formula is C21H27N3O. The highest BCUT2D eigenvalue weighted by atomic mass is 16.2. The fourth-order valence-corrected chi connectivity index (χ4v) is 3.57. The molecule has 1 amide bonds. The second kappa shape index (κ2) is 8.26. The van der Waals surface area contributed by atoms with E-state index in [4.69, 9.17) is 0 Å². The van der Waals surface area contributed by atoms with Gasteiger partial charge in [-0.2, -0.15) is 0 Å². The lowest BCUT2D eigenvalue weighted by Crippen LogP contribution is -2.39. The number of rotatable bonds is 5. The van der Waals surface area contributed by atoms with E-state index < -0.39 is 0 Å². The molecule has 1 atom stereocenters. The van der Waals surface area contributed by atoms with Crippen LogP contribution in [0.1, 0.15) is 42.0 Å². The van der Waals surface area contributed by atoms with Crippen LogP contribution in [0.15, 0.2) is 48.8 Å². The van der Waals surface area contributed by atoms with Crippen LogP contribution in [0.2, 0.25) is 0 Å². The van der Waals surface area contributed by atoms with Gasteiger partial charge in [0.25, 0.3) is 0 Å². The quantitative estimate of drug-likeness (QED) is 0.838. The summed E-state index contributed by atoms with van der Waals surface area (Å²) >= 11 is 0. The smallest absolute Gasteiger partial charge is 0.227 e. The molecule has 0 spiro atoms. The van der Waals surface area contributed by atoms with Gasteiger partial charge in [0.1, 0.15) is 0 Å². The number of piperidine rings is 1. The Morgan fingerprint density at radius 3 is 2.64 bits per heavy atom. The van der Waals surface area contributed by atoms with E-state index in [0.717, 1.165) is 31.5 Å². The molecule has 4 nitrogen and oxygen atoms in total. The second-order valence-corrected chi connectivity index (χ2v) is 7.12. The van der Waals surface area contributed by atoms with Crippen molar-refractivity contribution in [3.05, 3.63) is 65.5 Å². The normalized spacial score (nSPS) is 17.7. The van der Waals surface area contributed by atoms with Crippen molar-refractivity contribution in [1.29, 1.82) is 0 Å². The Labute approximate surface area is 150 Å². The van der Waals surface area contributed by atoms with Crippen molar-refractivity contribution in [2.45, 2.75) is 38.3 Å². The van der Waals surface area contributed by atoms with Gasteiger partial charge in [0.15, 0.2) is 0 Å². The van der Waals surface area contributed by atoms with Crippen LogP contribution in [0.4, 0.5) is 0 Å². The molecule has 2 heterocycles. The van der Waals surface area contributed by atoms with Gasteiger partial charge in [-0.05, 0) is 56.1 Å². The molecule has 132 valence electrons. The summed E-state index contributed by atoms with van der Waals surface area (Å²) in [5.74, 6) is 0.204. The summed E-state index contributed by atoms with van der Waals surface area (Å²) in [4.78, 5) is 21.2. The molecule has 1 aromatic heterocycles. The molecule has 0 bridgehead atoms. The number of amides is 1. The standard InChI is InChI=1S/C21H27N3O/c1-23(2)16-17-8-10-19(11-9-17)20-7-3-4-13-24(20)21(25)14-18-6-5-12-22-15-18/h5-6,8-12,15,20H,3-4,7,13-14,16H2,1-2H3. The first-order chi connectivity index (χ1) is 12.1. The lowest BCUT2D eigenvalue weighted by atomic mass is 9.94. The molecule has 0 radical (unpaired) electrons. The number of carbonyl (C=O) groups is 1. The summed E-state index contributed by atoms with van der Waals surface area (Å²) in [6, 6.07) is 12.8. The Kier molecular flexibility index (Phi) is 5.82. The molecule has 1 saturated heterocycles. The van der Waals surface area contributed by atoms with Gasteiger partial charge < -0.3 is 9.80 Å². The van der Waals surface area contributed by atoms with E-state index in [2.05, 4.69) is 53.1 Å². The molecule has 3 rings (SSSR count). The zero-order valence-electron chi connectivity index (χ0n) is 15.2. The number of hydrogen-bond acceptors (Lipinski definition) is 3. The summed E-state index contributed by atoms with van der Waals surface area (Å²) in [6.07, 6.45) is 7.28. The SMILES string of the molecule is CN(C)Cc1ccc(C2CCCCN2C(=O)Cc2cccnc2)cc1. The fraction of sp³-hybridized carbons (Fsp3) is 0.429. The summed E-state index contributed by atoms with van der Waals surface area (Å²) < 4.78 is 0. The number of nitrogens with zero attached hydrogens (tertiary/aromatic N) is 3. The monoisotopic (exact) mass is 337 g/mol. The number of benzene rings is 1. The van der Waals surface area contributed by atoms with Crippen LogP contribution >= 0.6 is 0 Å². The largest absolute Gasteiger partial charge is 0.335 e. The van der Waals surface area contributed by atoms with Crippen molar-refractivity contribution in [2.24, 2.45) is 0 Å². The van der Waals surface area contributed by atoms with Crippen LogP contribution in [0.3, 0.4) is 0 Å². The van der Waals surface area contributed by atoms with E-state index in [1.54, 1.807) is 12.4 Å². The van der Waals surface area contributed by atoms with Crippen molar-refractivity contribution >= 4 is 5.91 Å². The maximum absolute atomic E-state index is 12.9. The number of likely N-dealkylation sites (tertiary alicyclic amines) is 1. The highest BCUT2D eigenvalue weighted by Gasteiger charge is 2.27. The summed E-state index contributed by atoms with van der Waals surface area (Å²) in [5.41, 5.74) is 3.54. The molecule has 1 aliphatic rings. The van der Waals surface area contributed by atoms with Crippen molar-refractivity contribution in [3.8, 4) is 0 Å². The van der Waals surface area contributed by atoms with Gasteiger partial charge in [-0.25, -0.2) is 0 Å².